The van der Waals surface area contributed by atoms with Crippen LogP contribution in [0.5, 0.6) is 0 Å². The van der Waals surface area contributed by atoms with Crippen molar-refractivity contribution in [1.29, 1.82) is 0 Å². The van der Waals surface area contributed by atoms with Crippen molar-refractivity contribution < 1.29 is 13.6 Å². The lowest BCUT2D eigenvalue weighted by atomic mass is 10.3. The Hall–Kier alpha value is -2.90. The van der Waals surface area contributed by atoms with Crippen LogP contribution < -0.4 is 4.90 Å². The largest absolute Gasteiger partial charge is 0.468 e. The van der Waals surface area contributed by atoms with Gasteiger partial charge in [0.05, 0.1) is 42.4 Å². The van der Waals surface area contributed by atoms with Crippen LogP contribution >= 0.6 is 11.3 Å². The maximum absolute atomic E-state index is 13.1. The SMILES string of the molecule is CCN(C(=O)CN(Cc1ccco1)Cc1ccco1)c1nc2ccccc2s1. The molecule has 7 heteroatoms. The van der Waals surface area contributed by atoms with Crippen molar-refractivity contribution in [3.05, 3.63) is 72.6 Å². The summed E-state index contributed by atoms with van der Waals surface area (Å²) >= 11 is 1.53. The van der Waals surface area contributed by atoms with Crippen LogP contribution in [-0.2, 0) is 17.9 Å². The minimum Gasteiger partial charge on any atom is -0.468 e. The number of rotatable bonds is 8. The number of likely N-dealkylation sites (N-methyl/N-ethyl adjacent to an activating group) is 1. The molecule has 0 saturated carbocycles. The number of hydrogen-bond donors (Lipinski definition) is 0. The Morgan fingerprint density at radius 1 is 1.00 bits per heavy atom. The fraction of sp³-hybridized carbons (Fsp3) is 0.238. The third-order valence-corrected chi connectivity index (χ3v) is 5.47. The van der Waals surface area contributed by atoms with Crippen LogP contribution in [0, 0.1) is 0 Å². The zero-order valence-corrected chi connectivity index (χ0v) is 16.4. The summed E-state index contributed by atoms with van der Waals surface area (Å²) in [5, 5.41) is 0.727. The minimum atomic E-state index is -0.000307. The number of carbonyl (C=O) groups is 1. The van der Waals surface area contributed by atoms with Gasteiger partial charge in [-0.15, -0.1) is 0 Å². The molecule has 144 valence electrons. The number of benzene rings is 1. The number of nitrogens with zero attached hydrogens (tertiary/aromatic N) is 3. The van der Waals surface area contributed by atoms with Crippen molar-refractivity contribution in [2.45, 2.75) is 20.0 Å². The Morgan fingerprint density at radius 2 is 1.68 bits per heavy atom. The van der Waals surface area contributed by atoms with Gasteiger partial charge < -0.3 is 8.83 Å². The second-order valence-electron chi connectivity index (χ2n) is 6.41. The number of para-hydroxylation sites is 1. The first-order valence-corrected chi connectivity index (χ1v) is 9.97. The number of amides is 1. The number of carbonyl (C=O) groups excluding carboxylic acids is 1. The number of aromatic nitrogens is 1. The lowest BCUT2D eigenvalue weighted by molar-refractivity contribution is -0.120. The summed E-state index contributed by atoms with van der Waals surface area (Å²) in [6, 6.07) is 15.4. The van der Waals surface area contributed by atoms with Gasteiger partial charge in [0.2, 0.25) is 5.91 Å². The summed E-state index contributed by atoms with van der Waals surface area (Å²) < 4.78 is 12.0. The molecule has 4 rings (SSSR count). The molecule has 0 fully saturated rings. The Morgan fingerprint density at radius 3 is 2.25 bits per heavy atom. The van der Waals surface area contributed by atoms with E-state index in [0.717, 1.165) is 26.9 Å². The zero-order valence-electron chi connectivity index (χ0n) is 15.6. The summed E-state index contributed by atoms with van der Waals surface area (Å²) in [6.45, 7) is 3.82. The smallest absolute Gasteiger partial charge is 0.242 e. The van der Waals surface area contributed by atoms with Crippen LogP contribution in [-0.4, -0.2) is 28.9 Å². The Bertz CT molecular complexity index is 955. The summed E-state index contributed by atoms with van der Waals surface area (Å²) in [4.78, 5) is 21.5. The molecule has 1 aromatic carbocycles. The average Bonchev–Trinajstić information content (AvgIpc) is 3.44. The van der Waals surface area contributed by atoms with E-state index < -0.39 is 0 Å². The molecule has 0 atom stereocenters. The highest BCUT2D eigenvalue weighted by Gasteiger charge is 2.22. The van der Waals surface area contributed by atoms with Crippen LogP contribution in [0.4, 0.5) is 5.13 Å². The Kier molecular flexibility index (Phi) is 5.55. The van der Waals surface area contributed by atoms with E-state index in [4.69, 9.17) is 8.83 Å². The van der Waals surface area contributed by atoms with Crippen molar-refractivity contribution in [2.24, 2.45) is 0 Å². The maximum Gasteiger partial charge on any atom is 0.242 e. The van der Waals surface area contributed by atoms with E-state index in [2.05, 4.69) is 4.98 Å². The van der Waals surface area contributed by atoms with Crippen molar-refractivity contribution >= 4 is 32.6 Å². The molecule has 4 aromatic rings. The van der Waals surface area contributed by atoms with Gasteiger partial charge in [-0.2, -0.15) is 0 Å². The van der Waals surface area contributed by atoms with Crippen LogP contribution in [0.3, 0.4) is 0 Å². The second kappa shape index (κ2) is 8.41. The summed E-state index contributed by atoms with van der Waals surface area (Å²) in [7, 11) is 0. The van der Waals surface area contributed by atoms with E-state index in [1.165, 1.54) is 11.3 Å². The molecular formula is C21H21N3O3S. The van der Waals surface area contributed by atoms with E-state index in [0.29, 0.717) is 19.6 Å². The third-order valence-electron chi connectivity index (χ3n) is 4.41. The van der Waals surface area contributed by atoms with E-state index in [1.807, 2.05) is 60.4 Å². The first kappa shape index (κ1) is 18.5. The monoisotopic (exact) mass is 395 g/mol. The summed E-state index contributed by atoms with van der Waals surface area (Å²) in [6.07, 6.45) is 3.28. The minimum absolute atomic E-state index is 0.000307. The fourth-order valence-electron chi connectivity index (χ4n) is 3.08. The quantitative estimate of drug-likeness (QED) is 0.438. The van der Waals surface area contributed by atoms with Crippen molar-refractivity contribution in [3.63, 3.8) is 0 Å². The van der Waals surface area contributed by atoms with E-state index >= 15 is 0 Å². The van der Waals surface area contributed by atoms with Crippen LogP contribution in [0.25, 0.3) is 10.2 Å². The number of anilines is 1. The fourth-order valence-corrected chi connectivity index (χ4v) is 4.13. The Balaban J connectivity index is 1.52. The molecule has 1 amide bonds. The summed E-state index contributed by atoms with van der Waals surface area (Å²) in [5.74, 6) is 1.62. The van der Waals surface area contributed by atoms with Crippen molar-refractivity contribution in [1.82, 2.24) is 9.88 Å². The molecule has 0 radical (unpaired) electrons. The average molecular weight is 395 g/mol. The first-order valence-electron chi connectivity index (χ1n) is 9.16. The molecule has 0 spiro atoms. The Labute approximate surface area is 167 Å². The highest BCUT2D eigenvalue weighted by Crippen LogP contribution is 2.28. The maximum atomic E-state index is 13.1. The van der Waals surface area contributed by atoms with E-state index in [1.54, 1.807) is 17.4 Å². The molecule has 0 aliphatic carbocycles. The van der Waals surface area contributed by atoms with Gasteiger partial charge in [0.15, 0.2) is 5.13 Å². The van der Waals surface area contributed by atoms with Gasteiger partial charge in [-0.3, -0.25) is 14.6 Å². The van der Waals surface area contributed by atoms with Gasteiger partial charge in [0.25, 0.3) is 0 Å². The lowest BCUT2D eigenvalue weighted by Gasteiger charge is -2.24. The predicted molar refractivity (Wildman–Crippen MR) is 109 cm³/mol. The normalized spacial score (nSPS) is 11.4. The standard InChI is InChI=1S/C21H21N3O3S/c1-2-24(21-22-18-9-3-4-10-19(18)28-21)20(25)15-23(13-16-7-5-11-26-16)14-17-8-6-12-27-17/h3-12H,2,13-15H2,1H3. The number of hydrogen-bond acceptors (Lipinski definition) is 6. The van der Waals surface area contributed by atoms with Gasteiger partial charge in [-0.05, 0) is 43.3 Å². The lowest BCUT2D eigenvalue weighted by Crippen LogP contribution is -2.40. The molecule has 0 bridgehead atoms. The number of fused-ring (bicyclic) bond motifs is 1. The molecule has 28 heavy (non-hydrogen) atoms. The molecule has 0 aliphatic heterocycles. The molecular weight excluding hydrogens is 374 g/mol. The predicted octanol–water partition coefficient (Wildman–Crippen LogP) is 4.54. The molecule has 3 aromatic heterocycles. The third kappa shape index (κ3) is 4.16. The van der Waals surface area contributed by atoms with Crippen molar-refractivity contribution in [3.8, 4) is 0 Å². The van der Waals surface area contributed by atoms with Crippen LogP contribution in [0.15, 0.2) is 69.9 Å². The zero-order chi connectivity index (χ0) is 19.3. The highest BCUT2D eigenvalue weighted by atomic mass is 32.1. The molecule has 0 N–H and O–H groups in total. The van der Waals surface area contributed by atoms with Crippen molar-refractivity contribution in [2.75, 3.05) is 18.0 Å². The molecule has 6 nitrogen and oxygen atoms in total. The first-order chi connectivity index (χ1) is 13.7. The van der Waals surface area contributed by atoms with Gasteiger partial charge in [0, 0.05) is 6.54 Å². The number of thiazole rings is 1. The van der Waals surface area contributed by atoms with Gasteiger partial charge in [-0.25, -0.2) is 4.98 Å². The topological polar surface area (TPSA) is 62.7 Å². The molecule has 0 unspecified atom stereocenters. The molecule has 3 heterocycles. The van der Waals surface area contributed by atoms with Gasteiger partial charge >= 0.3 is 0 Å². The van der Waals surface area contributed by atoms with E-state index in [9.17, 15) is 4.79 Å². The summed E-state index contributed by atoms with van der Waals surface area (Å²) in [5.41, 5.74) is 0.914. The molecule has 0 aliphatic rings. The highest BCUT2D eigenvalue weighted by molar-refractivity contribution is 7.22. The van der Waals surface area contributed by atoms with Crippen LogP contribution in [0.2, 0.25) is 0 Å². The second-order valence-corrected chi connectivity index (χ2v) is 7.42. The molecule has 0 saturated heterocycles. The number of furan rings is 2. The van der Waals surface area contributed by atoms with Gasteiger partial charge in [0.1, 0.15) is 11.5 Å². The van der Waals surface area contributed by atoms with Gasteiger partial charge in [-0.1, -0.05) is 23.5 Å². The van der Waals surface area contributed by atoms with E-state index in [-0.39, 0.29) is 12.5 Å². The van der Waals surface area contributed by atoms with Crippen LogP contribution in [0.1, 0.15) is 18.4 Å².